The molecule has 2 saturated heterocycles. The van der Waals surface area contributed by atoms with E-state index in [1.54, 1.807) is 0 Å². The molecule has 2 aliphatic heterocycles. The summed E-state index contributed by atoms with van der Waals surface area (Å²) in [5.41, 5.74) is 9.20. The number of nitrogens with two attached hydrogens (primary N) is 2. The molecule has 3 unspecified atom stereocenters. The minimum Gasteiger partial charge on any atom is -0.386 e. The summed E-state index contributed by atoms with van der Waals surface area (Å²) in [6, 6.07) is 0. The van der Waals surface area contributed by atoms with Gasteiger partial charge in [-0.1, -0.05) is 4.98 Å². The molecule has 6 rings (SSSR count). The number of hydrogen-bond donors (Lipinski definition) is 11. The highest BCUT2D eigenvalue weighted by atomic mass is 31.3. The van der Waals surface area contributed by atoms with Gasteiger partial charge in [-0.2, -0.15) is 13.6 Å². The number of rotatable bonds is 15. The van der Waals surface area contributed by atoms with Crippen LogP contribution in [0, 0.1) is 0 Å². The molecule has 11 atom stereocenters. The molecule has 4 aromatic heterocycles. The van der Waals surface area contributed by atoms with Gasteiger partial charge < -0.3 is 60.4 Å². The Balaban J connectivity index is 1.10. The lowest BCUT2D eigenvalue weighted by Gasteiger charge is -2.23. The summed E-state index contributed by atoms with van der Waals surface area (Å²) in [6.45, 7) is -2.30. The van der Waals surface area contributed by atoms with Crippen molar-refractivity contribution in [2.24, 2.45) is 7.05 Å². The smallest absolute Gasteiger partial charge is 0.386 e. The average molecular weight is 897 g/mol. The summed E-state index contributed by atoms with van der Waals surface area (Å²) in [4.78, 5) is 90.1. The van der Waals surface area contributed by atoms with E-state index in [9.17, 15) is 62.5 Å². The molecule has 4 aromatic rings. The first-order valence-electron chi connectivity index (χ1n) is 15.5. The van der Waals surface area contributed by atoms with Crippen molar-refractivity contribution in [2.45, 2.75) is 49.1 Å². The van der Waals surface area contributed by atoms with Crippen LogP contribution in [0.25, 0.3) is 22.3 Å². The third kappa shape index (κ3) is 9.27. The number of methoxy groups -OCH3 is 1. The number of ether oxygens (including phenoxy) is 3. The number of nitrogens with zero attached hydrogens (tertiary/aromatic N) is 6. The van der Waals surface area contributed by atoms with Crippen molar-refractivity contribution in [1.29, 1.82) is 0 Å². The van der Waals surface area contributed by atoms with Crippen molar-refractivity contribution >= 4 is 65.5 Å². The van der Waals surface area contributed by atoms with E-state index >= 15 is 0 Å². The third-order valence-electron chi connectivity index (χ3n) is 8.16. The monoisotopic (exact) mass is 897 g/mol. The summed E-state index contributed by atoms with van der Waals surface area (Å²) in [5.74, 6) is -0.662. The van der Waals surface area contributed by atoms with Gasteiger partial charge in [-0.05, 0) is 0 Å². The molecular formula is C22H33N10O21P4+. The van der Waals surface area contributed by atoms with Crippen LogP contribution in [0.4, 0.5) is 11.9 Å². The molecule has 316 valence electrons. The summed E-state index contributed by atoms with van der Waals surface area (Å²) in [6.07, 6.45) is -11.1. The van der Waals surface area contributed by atoms with E-state index in [1.807, 2.05) is 0 Å². The van der Waals surface area contributed by atoms with Crippen molar-refractivity contribution in [1.82, 2.24) is 34.1 Å². The molecular weight excluding hydrogens is 864 g/mol. The zero-order chi connectivity index (χ0) is 42.0. The molecule has 35 heteroatoms. The number of aryl methyl sites for hydroxylation is 1. The molecule has 2 aliphatic rings. The number of anilines is 2. The Kier molecular flexibility index (Phi) is 11.9. The first kappa shape index (κ1) is 43.2. The van der Waals surface area contributed by atoms with E-state index in [-0.39, 0.29) is 28.3 Å². The molecule has 0 saturated carbocycles. The zero-order valence-electron chi connectivity index (χ0n) is 28.7. The maximum absolute atomic E-state index is 12.7. The Bertz CT molecular complexity index is 2490. The highest BCUT2D eigenvalue weighted by molar-refractivity contribution is 7.66. The number of phosphoric ester groups is 3. The summed E-state index contributed by atoms with van der Waals surface area (Å²) in [7, 11) is -20.5. The van der Waals surface area contributed by atoms with Gasteiger partial charge in [0.05, 0.1) is 26.6 Å². The number of imidazole rings is 2. The molecule has 0 spiro atoms. The number of aliphatic hydroxyl groups is 2. The Hall–Kier alpha value is -3.38. The second-order valence-electron chi connectivity index (χ2n) is 12.1. The number of nitrogens with one attached hydrogen (secondary N) is 2. The van der Waals surface area contributed by atoms with Crippen LogP contribution in [0.1, 0.15) is 12.5 Å². The minimum atomic E-state index is -6.10. The van der Waals surface area contributed by atoms with Crippen molar-refractivity contribution in [3.8, 4) is 0 Å². The Morgan fingerprint density at radius 2 is 1.44 bits per heavy atom. The third-order valence-corrected chi connectivity index (χ3v) is 12.9. The van der Waals surface area contributed by atoms with Gasteiger partial charge in [0, 0.05) is 7.11 Å². The van der Waals surface area contributed by atoms with Crippen LogP contribution in [0.15, 0.2) is 22.2 Å². The zero-order valence-corrected chi connectivity index (χ0v) is 32.2. The lowest BCUT2D eigenvalue weighted by Crippen LogP contribution is -2.46. The number of H-pyrrole nitrogens is 2. The standard InChI is InChI=1S/C22H32N10O21P4/c1-30-6-32(16-10(30)18(36)29-22(24)27-16)20-11(33)13(46-2)7(49-20)3-47-55(40,41)52-57(44,45)53-56(42,43)48-4-8-14(51-54(37,38)39)12(34)19(50-8)31-5-25-9-15(31)26-21(23)28-17(9)35/h5-8,11-14,19-20,33-34H,3-4H2,1-2H3,(H10-,23,24,26,27,28,29,35,36,37,38,39,40,41,42,43,44,45)/p+1/t7-,8-,11-,12-,13-,14-,19-,20-/m1/s1. The van der Waals surface area contributed by atoms with Gasteiger partial charge >= 0.3 is 36.9 Å². The fourth-order valence-corrected chi connectivity index (χ4v) is 10.1. The van der Waals surface area contributed by atoms with Gasteiger partial charge in [-0.15, -0.1) is 0 Å². The first-order valence-corrected chi connectivity index (χ1v) is 21.5. The first-order chi connectivity index (χ1) is 26.4. The highest BCUT2D eigenvalue weighted by Gasteiger charge is 2.52. The number of aliphatic hydroxyl groups excluding tert-OH is 2. The maximum Gasteiger partial charge on any atom is 0.490 e. The van der Waals surface area contributed by atoms with Crippen molar-refractivity contribution in [3.63, 3.8) is 0 Å². The molecule has 0 amide bonds. The average Bonchev–Trinajstić information content (AvgIpc) is 3.80. The number of fused-ring (bicyclic) bond motifs is 2. The Labute approximate surface area is 314 Å². The lowest BCUT2D eigenvalue weighted by molar-refractivity contribution is -0.745. The van der Waals surface area contributed by atoms with E-state index in [1.165, 1.54) is 22.5 Å². The number of phosphoric acid groups is 4. The van der Waals surface area contributed by atoms with Crippen LogP contribution in [0.2, 0.25) is 0 Å². The normalized spacial score (nSPS) is 28.8. The number of nitrogen functional groups attached to an aromatic ring is 2. The topological polar surface area (TPSA) is 454 Å². The van der Waals surface area contributed by atoms with Gasteiger partial charge in [0.15, 0.2) is 23.7 Å². The molecule has 6 heterocycles. The Morgan fingerprint density at radius 1 is 0.860 bits per heavy atom. The Morgan fingerprint density at radius 3 is 2.04 bits per heavy atom. The summed E-state index contributed by atoms with van der Waals surface area (Å²) in [5, 5.41) is 21.8. The van der Waals surface area contributed by atoms with Gasteiger partial charge in [0.25, 0.3) is 17.1 Å². The SMILES string of the molecule is CO[C@H]1[C@@H](O)[C@H]([n+]2cn(C)c3c(=O)[nH]c(N)nc32)O[C@@H]1COP(=O)(O)OP(=O)(O)OP(=O)(O)OC[C@H]1O[C@@H](n2cnc3c(=O)[nH]c(N)nc32)[C@H](O)[C@@H]1OP(=O)(O)O. The number of hydrogen-bond acceptors (Lipinski definition) is 21. The van der Waals surface area contributed by atoms with Gasteiger partial charge in [0.1, 0.15) is 36.6 Å². The molecule has 0 aliphatic carbocycles. The molecule has 31 nitrogen and oxygen atoms in total. The van der Waals surface area contributed by atoms with Crippen LogP contribution in [-0.4, -0.2) is 126 Å². The largest absolute Gasteiger partial charge is 0.490 e. The van der Waals surface area contributed by atoms with Crippen LogP contribution in [0.5, 0.6) is 0 Å². The summed E-state index contributed by atoms with van der Waals surface area (Å²) >= 11 is 0. The van der Waals surface area contributed by atoms with Gasteiger partial charge in [-0.25, -0.2) is 27.8 Å². The predicted octanol–water partition coefficient (Wildman–Crippen LogP) is -3.78. The highest BCUT2D eigenvalue weighted by Crippen LogP contribution is 2.68. The van der Waals surface area contributed by atoms with E-state index < -0.39 is 111 Å². The van der Waals surface area contributed by atoms with E-state index in [4.69, 9.17) is 30.2 Å². The second-order valence-corrected chi connectivity index (χ2v) is 17.9. The van der Waals surface area contributed by atoms with Crippen LogP contribution < -0.4 is 27.2 Å². The molecule has 57 heavy (non-hydrogen) atoms. The fraction of sp³-hybridized carbons (Fsp3) is 0.545. The lowest BCUT2D eigenvalue weighted by atomic mass is 10.1. The predicted molar refractivity (Wildman–Crippen MR) is 180 cm³/mol. The van der Waals surface area contributed by atoms with Crippen molar-refractivity contribution < 1.29 is 93.9 Å². The molecule has 13 N–H and O–H groups in total. The van der Waals surface area contributed by atoms with Crippen molar-refractivity contribution in [2.75, 3.05) is 31.8 Å². The quantitative estimate of drug-likeness (QED) is 0.0403. The number of aromatic amines is 2. The van der Waals surface area contributed by atoms with Gasteiger partial charge in [0.2, 0.25) is 17.7 Å². The van der Waals surface area contributed by atoms with E-state index in [2.05, 4.69) is 42.6 Å². The van der Waals surface area contributed by atoms with E-state index in [0.29, 0.717) is 0 Å². The maximum atomic E-state index is 12.7. The second kappa shape index (κ2) is 15.7. The fourth-order valence-electron chi connectivity index (χ4n) is 5.99. The van der Waals surface area contributed by atoms with Crippen LogP contribution >= 0.6 is 31.3 Å². The van der Waals surface area contributed by atoms with E-state index in [0.717, 1.165) is 18.0 Å². The molecule has 0 bridgehead atoms. The molecule has 0 aromatic carbocycles. The van der Waals surface area contributed by atoms with Crippen LogP contribution in [-0.2, 0) is 61.7 Å². The minimum absolute atomic E-state index is 0.0303. The van der Waals surface area contributed by atoms with Crippen LogP contribution in [0.3, 0.4) is 0 Å². The summed E-state index contributed by atoms with van der Waals surface area (Å²) < 4.78 is 91.7. The molecule has 0 radical (unpaired) electrons. The molecule has 2 fully saturated rings. The van der Waals surface area contributed by atoms with Crippen molar-refractivity contribution in [3.05, 3.63) is 33.4 Å². The number of aromatic nitrogens is 8. The van der Waals surface area contributed by atoms with Gasteiger partial charge in [-0.3, -0.25) is 42.3 Å².